The molecule has 0 spiro atoms. The van der Waals surface area contributed by atoms with E-state index >= 15 is 0 Å². The van der Waals surface area contributed by atoms with Gasteiger partial charge in [0.2, 0.25) is 0 Å². The predicted octanol–water partition coefficient (Wildman–Crippen LogP) is 4.26. The summed E-state index contributed by atoms with van der Waals surface area (Å²) >= 11 is 5.54. The molecule has 0 saturated heterocycles. The molecular weight excluding hydrogens is 252 g/mol. The Labute approximate surface area is 117 Å². The molecule has 3 heteroatoms. The topological polar surface area (TPSA) is 27.8 Å². The van der Waals surface area contributed by atoms with Crippen molar-refractivity contribution < 1.29 is 0 Å². The summed E-state index contributed by atoms with van der Waals surface area (Å²) in [5.41, 5.74) is 4.30. The molecule has 3 aromatic rings. The lowest BCUT2D eigenvalue weighted by molar-refractivity contribution is 1.29. The van der Waals surface area contributed by atoms with E-state index in [1.54, 1.807) is 0 Å². The van der Waals surface area contributed by atoms with Gasteiger partial charge in [-0.2, -0.15) is 0 Å². The molecular formula is C16H14N2S. The summed E-state index contributed by atoms with van der Waals surface area (Å²) in [7, 11) is 0. The van der Waals surface area contributed by atoms with Gasteiger partial charge in [0.05, 0.1) is 0 Å². The van der Waals surface area contributed by atoms with Gasteiger partial charge in [0.15, 0.2) is 0 Å². The molecule has 0 amide bonds. The maximum absolute atomic E-state index is 5.54. The van der Waals surface area contributed by atoms with E-state index in [0.717, 1.165) is 32.8 Å². The Morgan fingerprint density at radius 1 is 1.00 bits per heavy atom. The lowest BCUT2D eigenvalue weighted by Gasteiger charge is -2.08. The summed E-state index contributed by atoms with van der Waals surface area (Å²) < 4.78 is 0. The highest BCUT2D eigenvalue weighted by molar-refractivity contribution is 7.81. The molecule has 1 heterocycles. The smallest absolute Gasteiger partial charge is 0.113 e. The number of thiocarbonyl (C=S) groups is 1. The van der Waals surface area contributed by atoms with Crippen molar-refractivity contribution in [3.8, 4) is 0 Å². The third-order valence-corrected chi connectivity index (χ3v) is 3.46. The molecule has 0 aliphatic heterocycles. The van der Waals surface area contributed by atoms with Gasteiger partial charge in [-0.05, 0) is 25.1 Å². The largest absolute Gasteiger partial charge is 0.358 e. The first-order chi connectivity index (χ1) is 9.25. The van der Waals surface area contributed by atoms with Crippen LogP contribution in [0.15, 0.2) is 54.6 Å². The summed E-state index contributed by atoms with van der Waals surface area (Å²) in [6.07, 6.45) is 0. The second-order valence-electron chi connectivity index (χ2n) is 4.49. The Hall–Kier alpha value is -2.13. The van der Waals surface area contributed by atoms with E-state index in [1.807, 2.05) is 49.4 Å². The molecule has 2 nitrogen and oxygen atoms in total. The fourth-order valence-corrected chi connectivity index (χ4v) is 2.67. The maximum Gasteiger partial charge on any atom is 0.113 e. The number of fused-ring (bicyclic) bond motifs is 1. The van der Waals surface area contributed by atoms with Gasteiger partial charge in [-0.3, -0.25) is 0 Å². The molecule has 19 heavy (non-hydrogen) atoms. The number of benzene rings is 2. The van der Waals surface area contributed by atoms with Crippen LogP contribution < -0.4 is 5.32 Å². The standard InChI is InChI=1S/C16H14N2S/c1-11-15(13-9-5-6-10-14(13)17-11)16(19)18-12-7-3-2-4-8-12/h2-10,17H,1H3,(H,18,19). The zero-order valence-electron chi connectivity index (χ0n) is 10.6. The summed E-state index contributed by atoms with van der Waals surface area (Å²) in [4.78, 5) is 4.12. The molecule has 94 valence electrons. The average Bonchev–Trinajstić information content (AvgIpc) is 2.75. The number of aromatic nitrogens is 1. The summed E-state index contributed by atoms with van der Waals surface area (Å²) in [5.74, 6) is 0. The van der Waals surface area contributed by atoms with Crippen LogP contribution in [0.4, 0.5) is 5.69 Å². The van der Waals surface area contributed by atoms with Crippen LogP contribution in [0.3, 0.4) is 0 Å². The van der Waals surface area contributed by atoms with Gasteiger partial charge in [-0.1, -0.05) is 48.6 Å². The molecule has 0 atom stereocenters. The highest BCUT2D eigenvalue weighted by Gasteiger charge is 2.12. The van der Waals surface area contributed by atoms with Crippen LogP contribution in [0.2, 0.25) is 0 Å². The van der Waals surface area contributed by atoms with Gasteiger partial charge in [0.25, 0.3) is 0 Å². The first-order valence-electron chi connectivity index (χ1n) is 6.19. The Balaban J connectivity index is 2.00. The monoisotopic (exact) mass is 266 g/mol. The molecule has 3 rings (SSSR count). The van der Waals surface area contributed by atoms with Gasteiger partial charge >= 0.3 is 0 Å². The van der Waals surface area contributed by atoms with Crippen molar-refractivity contribution in [3.63, 3.8) is 0 Å². The van der Waals surface area contributed by atoms with Crippen molar-refractivity contribution in [1.29, 1.82) is 0 Å². The molecule has 0 bridgehead atoms. The van der Waals surface area contributed by atoms with E-state index < -0.39 is 0 Å². The highest BCUT2D eigenvalue weighted by Crippen LogP contribution is 2.23. The van der Waals surface area contributed by atoms with Gasteiger partial charge in [0.1, 0.15) is 4.99 Å². The van der Waals surface area contributed by atoms with Gasteiger partial charge in [-0.25, -0.2) is 0 Å². The van der Waals surface area contributed by atoms with Crippen molar-refractivity contribution in [2.24, 2.45) is 0 Å². The zero-order chi connectivity index (χ0) is 13.2. The van der Waals surface area contributed by atoms with Crippen LogP contribution in [-0.4, -0.2) is 9.97 Å². The van der Waals surface area contributed by atoms with E-state index in [2.05, 4.69) is 22.4 Å². The molecule has 0 unspecified atom stereocenters. The Kier molecular flexibility index (Phi) is 3.05. The van der Waals surface area contributed by atoms with Crippen LogP contribution in [0.1, 0.15) is 11.3 Å². The minimum atomic E-state index is 0.751. The minimum absolute atomic E-state index is 0.751. The number of aryl methyl sites for hydroxylation is 1. The number of hydrogen-bond acceptors (Lipinski definition) is 1. The summed E-state index contributed by atoms with van der Waals surface area (Å²) in [6, 6.07) is 18.2. The van der Waals surface area contributed by atoms with Gasteiger partial charge in [0, 0.05) is 27.8 Å². The number of rotatable bonds is 2. The summed E-state index contributed by atoms with van der Waals surface area (Å²) in [6.45, 7) is 2.05. The van der Waals surface area contributed by atoms with Gasteiger partial charge < -0.3 is 10.3 Å². The summed E-state index contributed by atoms with van der Waals surface area (Å²) in [5, 5.41) is 4.45. The van der Waals surface area contributed by atoms with Crippen LogP contribution in [0.5, 0.6) is 0 Å². The quantitative estimate of drug-likeness (QED) is 0.678. The number of para-hydroxylation sites is 2. The lowest BCUT2D eigenvalue weighted by atomic mass is 10.1. The average molecular weight is 266 g/mol. The van der Waals surface area contributed by atoms with Crippen LogP contribution in [0.25, 0.3) is 10.9 Å². The van der Waals surface area contributed by atoms with Crippen molar-refractivity contribution in [2.45, 2.75) is 6.92 Å². The number of anilines is 1. The Morgan fingerprint density at radius 3 is 2.47 bits per heavy atom. The Bertz CT molecular complexity index is 729. The van der Waals surface area contributed by atoms with Crippen LogP contribution in [-0.2, 0) is 0 Å². The second kappa shape index (κ2) is 4.86. The number of aromatic amines is 1. The van der Waals surface area contributed by atoms with Crippen molar-refractivity contribution in [2.75, 3.05) is 5.32 Å². The molecule has 0 saturated carbocycles. The van der Waals surface area contributed by atoms with E-state index in [-0.39, 0.29) is 0 Å². The Morgan fingerprint density at radius 2 is 1.68 bits per heavy atom. The number of H-pyrrole nitrogens is 1. The predicted molar refractivity (Wildman–Crippen MR) is 84.8 cm³/mol. The van der Waals surface area contributed by atoms with E-state index in [4.69, 9.17) is 12.2 Å². The molecule has 2 aromatic carbocycles. The molecule has 0 aliphatic carbocycles. The maximum atomic E-state index is 5.54. The molecule has 0 fully saturated rings. The number of hydrogen-bond donors (Lipinski definition) is 2. The molecule has 0 radical (unpaired) electrons. The fraction of sp³-hybridized carbons (Fsp3) is 0.0625. The van der Waals surface area contributed by atoms with Crippen molar-refractivity contribution >= 4 is 33.8 Å². The highest BCUT2D eigenvalue weighted by atomic mass is 32.1. The van der Waals surface area contributed by atoms with Crippen molar-refractivity contribution in [1.82, 2.24) is 4.98 Å². The minimum Gasteiger partial charge on any atom is -0.358 e. The number of nitrogens with one attached hydrogen (secondary N) is 2. The first-order valence-corrected chi connectivity index (χ1v) is 6.60. The first kappa shape index (κ1) is 11.9. The van der Waals surface area contributed by atoms with Crippen molar-refractivity contribution in [3.05, 3.63) is 65.9 Å². The zero-order valence-corrected chi connectivity index (χ0v) is 11.4. The third kappa shape index (κ3) is 2.25. The fourth-order valence-electron chi connectivity index (χ4n) is 2.28. The van der Waals surface area contributed by atoms with Crippen LogP contribution in [0, 0.1) is 6.92 Å². The van der Waals surface area contributed by atoms with Gasteiger partial charge in [-0.15, -0.1) is 0 Å². The molecule has 1 aromatic heterocycles. The second-order valence-corrected chi connectivity index (χ2v) is 4.90. The van der Waals surface area contributed by atoms with E-state index in [1.165, 1.54) is 0 Å². The van der Waals surface area contributed by atoms with Crippen LogP contribution >= 0.6 is 12.2 Å². The SMILES string of the molecule is Cc1[nH]c2ccccc2c1C(=S)Nc1ccccc1. The molecule has 0 aliphatic rings. The lowest BCUT2D eigenvalue weighted by Crippen LogP contribution is -2.11. The third-order valence-electron chi connectivity index (χ3n) is 3.15. The normalized spacial score (nSPS) is 10.6. The van der Waals surface area contributed by atoms with E-state index in [0.29, 0.717) is 0 Å². The van der Waals surface area contributed by atoms with E-state index in [9.17, 15) is 0 Å². The molecule has 2 N–H and O–H groups in total.